The smallest absolute Gasteiger partial charge is 0.253 e. The molecule has 1 aliphatic heterocycles. The minimum absolute atomic E-state index is 0.120. The normalized spacial score (nSPS) is 14.7. The van der Waals surface area contributed by atoms with Crippen molar-refractivity contribution in [1.29, 1.82) is 0 Å². The number of carbonyl (C=O) groups is 1. The number of piperazine rings is 1. The molecule has 1 fully saturated rings. The van der Waals surface area contributed by atoms with Crippen LogP contribution in [0.4, 0.5) is 0 Å². The number of hydrogen-bond donors (Lipinski definition) is 0. The summed E-state index contributed by atoms with van der Waals surface area (Å²) in [6.07, 6.45) is 0. The van der Waals surface area contributed by atoms with E-state index in [9.17, 15) is 4.79 Å². The minimum Gasteiger partial charge on any atom is -0.336 e. The van der Waals surface area contributed by atoms with Crippen molar-refractivity contribution in [2.24, 2.45) is 0 Å². The van der Waals surface area contributed by atoms with Gasteiger partial charge in [-0.1, -0.05) is 54.6 Å². The number of aryl methyl sites for hydroxylation is 2. The molecule has 5 heteroatoms. The van der Waals surface area contributed by atoms with Gasteiger partial charge >= 0.3 is 0 Å². The highest BCUT2D eigenvalue weighted by atomic mass is 16.2. The molecule has 1 amide bonds. The maximum Gasteiger partial charge on any atom is 0.253 e. The van der Waals surface area contributed by atoms with Crippen molar-refractivity contribution < 1.29 is 4.79 Å². The molecule has 1 aromatic heterocycles. The van der Waals surface area contributed by atoms with E-state index in [0.717, 1.165) is 55.2 Å². The first-order valence-corrected chi connectivity index (χ1v) is 11.6. The second-order valence-corrected chi connectivity index (χ2v) is 8.99. The van der Waals surface area contributed by atoms with E-state index in [1.807, 2.05) is 34.7 Å². The molecule has 3 aromatic carbocycles. The molecule has 4 aromatic rings. The zero-order chi connectivity index (χ0) is 22.8. The van der Waals surface area contributed by atoms with Gasteiger partial charge < -0.3 is 4.90 Å². The Morgan fingerprint density at radius 2 is 1.61 bits per heavy atom. The molecule has 0 bridgehead atoms. The van der Waals surface area contributed by atoms with E-state index in [-0.39, 0.29) is 5.91 Å². The summed E-state index contributed by atoms with van der Waals surface area (Å²) in [5.41, 5.74) is 5.36. The molecule has 1 aliphatic rings. The van der Waals surface area contributed by atoms with E-state index < -0.39 is 0 Å². The molecule has 5 nitrogen and oxygen atoms in total. The summed E-state index contributed by atoms with van der Waals surface area (Å²) in [5.74, 6) is 0.120. The van der Waals surface area contributed by atoms with E-state index in [0.29, 0.717) is 6.54 Å². The summed E-state index contributed by atoms with van der Waals surface area (Å²) in [6.45, 7) is 8.95. The van der Waals surface area contributed by atoms with E-state index in [4.69, 9.17) is 0 Å². The summed E-state index contributed by atoms with van der Waals surface area (Å²) < 4.78 is 1.99. The van der Waals surface area contributed by atoms with Crippen molar-refractivity contribution in [1.82, 2.24) is 19.6 Å². The predicted octanol–water partition coefficient (Wildman–Crippen LogP) is 4.66. The van der Waals surface area contributed by atoms with Crippen LogP contribution in [0.3, 0.4) is 0 Å². The lowest BCUT2D eigenvalue weighted by Crippen LogP contribution is -2.48. The van der Waals surface area contributed by atoms with Crippen LogP contribution in [0.1, 0.15) is 32.9 Å². The van der Waals surface area contributed by atoms with Gasteiger partial charge in [0, 0.05) is 44.0 Å². The monoisotopic (exact) mass is 438 g/mol. The molecule has 0 saturated carbocycles. The quantitative estimate of drug-likeness (QED) is 0.455. The lowest BCUT2D eigenvalue weighted by Gasteiger charge is -2.35. The van der Waals surface area contributed by atoms with Crippen molar-refractivity contribution in [3.63, 3.8) is 0 Å². The van der Waals surface area contributed by atoms with Crippen LogP contribution < -0.4 is 0 Å². The maximum absolute atomic E-state index is 13.2. The standard InChI is InChI=1S/C28H30N4O/c1-21-17-22(2)32(29-21)19-23-7-5-10-25(18-23)28(33)31-15-13-30(14-16-31)20-26-11-6-9-24-8-3-4-12-27(24)26/h3-12,17-18H,13-16,19-20H2,1-2H3. The number of amides is 1. The van der Waals surface area contributed by atoms with Gasteiger partial charge in [0.1, 0.15) is 0 Å². The van der Waals surface area contributed by atoms with E-state index >= 15 is 0 Å². The lowest BCUT2D eigenvalue weighted by atomic mass is 10.0. The molecule has 2 heterocycles. The predicted molar refractivity (Wildman–Crippen MR) is 132 cm³/mol. The third kappa shape index (κ3) is 4.69. The molecule has 0 aliphatic carbocycles. The van der Waals surface area contributed by atoms with Crippen molar-refractivity contribution in [3.05, 3.63) is 101 Å². The number of fused-ring (bicyclic) bond motifs is 1. The average Bonchev–Trinajstić information content (AvgIpc) is 3.16. The second kappa shape index (κ2) is 9.20. The molecule has 0 spiro atoms. The molecule has 0 unspecified atom stereocenters. The van der Waals surface area contributed by atoms with Gasteiger partial charge in [0.2, 0.25) is 0 Å². The van der Waals surface area contributed by atoms with Crippen LogP contribution in [0.15, 0.2) is 72.8 Å². The highest BCUT2D eigenvalue weighted by Gasteiger charge is 2.22. The van der Waals surface area contributed by atoms with Crippen LogP contribution in [-0.4, -0.2) is 51.7 Å². The van der Waals surface area contributed by atoms with Crippen LogP contribution in [0, 0.1) is 13.8 Å². The molecule has 0 N–H and O–H groups in total. The van der Waals surface area contributed by atoms with Gasteiger partial charge in [0.15, 0.2) is 0 Å². The van der Waals surface area contributed by atoms with Gasteiger partial charge in [-0.25, -0.2) is 0 Å². The first-order chi connectivity index (χ1) is 16.1. The number of aromatic nitrogens is 2. The van der Waals surface area contributed by atoms with Crippen LogP contribution >= 0.6 is 0 Å². The second-order valence-electron chi connectivity index (χ2n) is 8.99. The summed E-state index contributed by atoms with van der Waals surface area (Å²) in [4.78, 5) is 17.6. The van der Waals surface area contributed by atoms with E-state index in [1.54, 1.807) is 0 Å². The Morgan fingerprint density at radius 1 is 0.848 bits per heavy atom. The van der Waals surface area contributed by atoms with Crippen molar-refractivity contribution in [3.8, 4) is 0 Å². The van der Waals surface area contributed by atoms with Gasteiger partial charge in [-0.2, -0.15) is 5.10 Å². The van der Waals surface area contributed by atoms with Gasteiger partial charge in [-0.3, -0.25) is 14.4 Å². The Kier molecular flexibility index (Phi) is 5.97. The largest absolute Gasteiger partial charge is 0.336 e. The van der Waals surface area contributed by atoms with Crippen LogP contribution in [0.25, 0.3) is 10.8 Å². The van der Waals surface area contributed by atoms with Gasteiger partial charge in [-0.15, -0.1) is 0 Å². The zero-order valence-electron chi connectivity index (χ0n) is 19.4. The number of nitrogens with zero attached hydrogens (tertiary/aromatic N) is 4. The number of carbonyl (C=O) groups excluding carboxylic acids is 1. The third-order valence-corrected chi connectivity index (χ3v) is 6.54. The Labute approximate surface area is 195 Å². The minimum atomic E-state index is 0.120. The molecule has 0 radical (unpaired) electrons. The average molecular weight is 439 g/mol. The fourth-order valence-electron chi connectivity index (χ4n) is 4.77. The first kappa shape index (κ1) is 21.4. The van der Waals surface area contributed by atoms with Crippen LogP contribution in [-0.2, 0) is 13.1 Å². The molecule has 1 saturated heterocycles. The maximum atomic E-state index is 13.2. The van der Waals surface area contributed by atoms with Crippen LogP contribution in [0.2, 0.25) is 0 Å². The molecule has 33 heavy (non-hydrogen) atoms. The Balaban J connectivity index is 1.22. The summed E-state index contributed by atoms with van der Waals surface area (Å²) in [5, 5.41) is 7.15. The fraction of sp³-hybridized carbons (Fsp3) is 0.286. The van der Waals surface area contributed by atoms with Gasteiger partial charge in [-0.05, 0) is 53.9 Å². The fourth-order valence-corrected chi connectivity index (χ4v) is 4.77. The first-order valence-electron chi connectivity index (χ1n) is 11.6. The third-order valence-electron chi connectivity index (χ3n) is 6.54. The molecule has 168 valence electrons. The van der Waals surface area contributed by atoms with Crippen molar-refractivity contribution in [2.45, 2.75) is 26.9 Å². The molecule has 5 rings (SSSR count). The van der Waals surface area contributed by atoms with Crippen molar-refractivity contribution >= 4 is 16.7 Å². The highest BCUT2D eigenvalue weighted by molar-refractivity contribution is 5.94. The summed E-state index contributed by atoms with van der Waals surface area (Å²) in [6, 6.07) is 25.1. The molecule has 0 atom stereocenters. The highest BCUT2D eigenvalue weighted by Crippen LogP contribution is 2.21. The zero-order valence-corrected chi connectivity index (χ0v) is 19.4. The van der Waals surface area contributed by atoms with Gasteiger partial charge in [0.25, 0.3) is 5.91 Å². The molecular weight excluding hydrogens is 408 g/mol. The SMILES string of the molecule is Cc1cc(C)n(Cc2cccc(C(=O)N3CCN(Cc4cccc5ccccc45)CC3)c2)n1. The molecular formula is C28H30N4O. The topological polar surface area (TPSA) is 41.4 Å². The summed E-state index contributed by atoms with van der Waals surface area (Å²) >= 11 is 0. The number of rotatable bonds is 5. The van der Waals surface area contributed by atoms with E-state index in [2.05, 4.69) is 71.5 Å². The van der Waals surface area contributed by atoms with Crippen molar-refractivity contribution in [2.75, 3.05) is 26.2 Å². The number of benzene rings is 3. The van der Waals surface area contributed by atoms with Crippen LogP contribution in [0.5, 0.6) is 0 Å². The Hall–Kier alpha value is -3.44. The lowest BCUT2D eigenvalue weighted by molar-refractivity contribution is 0.0629. The number of hydrogen-bond acceptors (Lipinski definition) is 3. The Bertz CT molecular complexity index is 1280. The van der Waals surface area contributed by atoms with Gasteiger partial charge in [0.05, 0.1) is 12.2 Å². The van der Waals surface area contributed by atoms with E-state index in [1.165, 1.54) is 16.3 Å². The summed E-state index contributed by atoms with van der Waals surface area (Å²) in [7, 11) is 0. The Morgan fingerprint density at radius 3 is 2.39 bits per heavy atom.